The van der Waals surface area contributed by atoms with Crippen LogP contribution in [0, 0.1) is 23.2 Å². The molecule has 0 aliphatic heterocycles. The van der Waals surface area contributed by atoms with Gasteiger partial charge in [0.05, 0.1) is 18.5 Å². The fourth-order valence-electron chi connectivity index (χ4n) is 2.84. The van der Waals surface area contributed by atoms with Crippen molar-refractivity contribution < 1.29 is 4.79 Å². The quantitative estimate of drug-likeness (QED) is 0.810. The minimum Gasteiger partial charge on any atom is -0.355 e. The van der Waals surface area contributed by atoms with Gasteiger partial charge in [-0.15, -0.1) is 0 Å². The molecule has 1 amide bonds. The smallest absolute Gasteiger partial charge is 0.234 e. The van der Waals surface area contributed by atoms with Gasteiger partial charge in [-0.2, -0.15) is 5.26 Å². The van der Waals surface area contributed by atoms with E-state index >= 15 is 0 Å². The first-order valence-corrected chi connectivity index (χ1v) is 6.98. The van der Waals surface area contributed by atoms with Crippen LogP contribution >= 0.6 is 0 Å². The van der Waals surface area contributed by atoms with Gasteiger partial charge in [-0.3, -0.25) is 9.69 Å². The van der Waals surface area contributed by atoms with E-state index < -0.39 is 0 Å². The van der Waals surface area contributed by atoms with E-state index in [2.05, 4.69) is 23.2 Å². The third-order valence-electron chi connectivity index (χ3n) is 4.00. The number of hydrogen-bond acceptors (Lipinski definition) is 3. The van der Waals surface area contributed by atoms with E-state index in [9.17, 15) is 10.1 Å². The number of likely N-dealkylation sites (N-methyl/N-ethyl adjacent to an activating group) is 2. The summed E-state index contributed by atoms with van der Waals surface area (Å²) in [5.41, 5.74) is 0. The number of nitrogens with zero attached hydrogens (tertiary/aromatic N) is 2. The van der Waals surface area contributed by atoms with Gasteiger partial charge in [0.15, 0.2) is 0 Å². The van der Waals surface area contributed by atoms with E-state index in [1.165, 1.54) is 6.42 Å². The molecule has 3 atom stereocenters. The highest BCUT2D eigenvalue weighted by Crippen LogP contribution is 2.33. The average molecular weight is 251 g/mol. The zero-order valence-corrected chi connectivity index (χ0v) is 11.8. The number of amides is 1. The van der Waals surface area contributed by atoms with Crippen LogP contribution in [-0.2, 0) is 4.79 Å². The first kappa shape index (κ1) is 15.0. The molecule has 1 saturated carbocycles. The van der Waals surface area contributed by atoms with Crippen molar-refractivity contribution in [3.05, 3.63) is 0 Å². The zero-order valence-electron chi connectivity index (χ0n) is 11.8. The molecule has 4 nitrogen and oxygen atoms in total. The molecule has 0 saturated heterocycles. The summed E-state index contributed by atoms with van der Waals surface area (Å²) in [5.74, 6) is 0.832. The molecule has 1 aliphatic carbocycles. The predicted molar refractivity (Wildman–Crippen MR) is 71.8 cm³/mol. The van der Waals surface area contributed by atoms with Gasteiger partial charge in [0.2, 0.25) is 5.91 Å². The Morgan fingerprint density at radius 3 is 2.72 bits per heavy atom. The van der Waals surface area contributed by atoms with Gasteiger partial charge in [0.1, 0.15) is 0 Å². The summed E-state index contributed by atoms with van der Waals surface area (Å²) in [6, 6.07) is 2.64. The number of nitriles is 1. The van der Waals surface area contributed by atoms with Crippen LogP contribution in [0.2, 0.25) is 0 Å². The topological polar surface area (TPSA) is 56.1 Å². The Morgan fingerprint density at radius 2 is 2.17 bits per heavy atom. The molecule has 4 heteroatoms. The van der Waals surface area contributed by atoms with E-state index in [-0.39, 0.29) is 17.9 Å². The van der Waals surface area contributed by atoms with Crippen LogP contribution in [0.25, 0.3) is 0 Å². The lowest BCUT2D eigenvalue weighted by Crippen LogP contribution is -2.46. The number of rotatable bonds is 5. The maximum absolute atomic E-state index is 11.6. The Balaban J connectivity index is 2.59. The van der Waals surface area contributed by atoms with Crippen molar-refractivity contribution in [1.29, 1.82) is 5.26 Å². The van der Waals surface area contributed by atoms with Crippen molar-refractivity contribution in [3.8, 4) is 6.07 Å². The highest BCUT2D eigenvalue weighted by molar-refractivity contribution is 5.77. The van der Waals surface area contributed by atoms with Gasteiger partial charge in [-0.25, -0.2) is 0 Å². The SMILES string of the molecule is CCNC(=O)CN(C)C1CC(CC)CCC1C#N. The van der Waals surface area contributed by atoms with Gasteiger partial charge in [-0.1, -0.05) is 13.3 Å². The molecule has 18 heavy (non-hydrogen) atoms. The fraction of sp³-hybridized carbons (Fsp3) is 0.857. The molecule has 0 aromatic carbocycles. The molecule has 3 unspecified atom stereocenters. The van der Waals surface area contributed by atoms with Crippen LogP contribution in [-0.4, -0.2) is 37.0 Å². The zero-order chi connectivity index (χ0) is 13.5. The molecule has 0 bridgehead atoms. The van der Waals surface area contributed by atoms with Gasteiger partial charge in [0, 0.05) is 12.6 Å². The van der Waals surface area contributed by atoms with E-state index in [4.69, 9.17) is 0 Å². The molecule has 0 heterocycles. The van der Waals surface area contributed by atoms with Crippen molar-refractivity contribution >= 4 is 5.91 Å². The standard InChI is InChI=1S/C14H25N3O/c1-4-11-6-7-12(9-15)13(8-11)17(3)10-14(18)16-5-2/h11-13H,4-8,10H2,1-3H3,(H,16,18). The van der Waals surface area contributed by atoms with Crippen molar-refractivity contribution in [3.63, 3.8) is 0 Å². The monoisotopic (exact) mass is 251 g/mol. The van der Waals surface area contributed by atoms with Crippen LogP contribution in [0.3, 0.4) is 0 Å². The second-order valence-electron chi connectivity index (χ2n) is 5.26. The summed E-state index contributed by atoms with van der Waals surface area (Å²) < 4.78 is 0. The van der Waals surface area contributed by atoms with Crippen molar-refractivity contribution in [1.82, 2.24) is 10.2 Å². The lowest BCUT2D eigenvalue weighted by atomic mass is 9.77. The summed E-state index contributed by atoms with van der Waals surface area (Å²) in [5, 5.41) is 12.0. The van der Waals surface area contributed by atoms with Crippen molar-refractivity contribution in [2.45, 2.75) is 45.6 Å². The van der Waals surface area contributed by atoms with Gasteiger partial charge >= 0.3 is 0 Å². The Kier molecular flexibility index (Phi) is 6.14. The van der Waals surface area contributed by atoms with Crippen LogP contribution in [0.4, 0.5) is 0 Å². The third kappa shape index (κ3) is 3.99. The summed E-state index contributed by atoms with van der Waals surface area (Å²) in [4.78, 5) is 13.7. The van der Waals surface area contributed by atoms with Crippen LogP contribution < -0.4 is 5.32 Å². The minimum atomic E-state index is 0.0512. The van der Waals surface area contributed by atoms with E-state index in [1.807, 2.05) is 14.0 Å². The average Bonchev–Trinajstić information content (AvgIpc) is 2.38. The fourth-order valence-corrected chi connectivity index (χ4v) is 2.84. The van der Waals surface area contributed by atoms with E-state index in [0.717, 1.165) is 19.3 Å². The van der Waals surface area contributed by atoms with E-state index in [1.54, 1.807) is 0 Å². The van der Waals surface area contributed by atoms with Gasteiger partial charge < -0.3 is 5.32 Å². The molecule has 0 spiro atoms. The maximum Gasteiger partial charge on any atom is 0.234 e. The molecular formula is C14H25N3O. The molecule has 0 aromatic heterocycles. The Hall–Kier alpha value is -1.08. The van der Waals surface area contributed by atoms with Crippen molar-refractivity contribution in [2.75, 3.05) is 20.1 Å². The largest absolute Gasteiger partial charge is 0.355 e. The number of hydrogen-bond donors (Lipinski definition) is 1. The molecular weight excluding hydrogens is 226 g/mol. The van der Waals surface area contributed by atoms with Gasteiger partial charge in [0.25, 0.3) is 0 Å². The normalized spacial score (nSPS) is 27.8. The first-order valence-electron chi connectivity index (χ1n) is 6.98. The minimum absolute atomic E-state index is 0.0512. The maximum atomic E-state index is 11.6. The van der Waals surface area contributed by atoms with E-state index in [0.29, 0.717) is 19.0 Å². The second kappa shape index (κ2) is 7.38. The summed E-state index contributed by atoms with van der Waals surface area (Å²) in [6.07, 6.45) is 4.34. The Morgan fingerprint density at radius 1 is 1.44 bits per heavy atom. The summed E-state index contributed by atoms with van der Waals surface area (Å²) in [7, 11) is 1.96. The lowest BCUT2D eigenvalue weighted by Gasteiger charge is -2.37. The molecule has 0 radical (unpaired) electrons. The molecule has 1 rings (SSSR count). The number of carbonyl (C=O) groups is 1. The molecule has 1 fully saturated rings. The second-order valence-corrected chi connectivity index (χ2v) is 5.26. The summed E-state index contributed by atoms with van der Waals surface area (Å²) >= 11 is 0. The number of nitrogens with one attached hydrogen (secondary N) is 1. The molecule has 102 valence electrons. The highest BCUT2D eigenvalue weighted by Gasteiger charge is 2.32. The number of carbonyl (C=O) groups excluding carboxylic acids is 1. The van der Waals surface area contributed by atoms with Gasteiger partial charge in [-0.05, 0) is 39.2 Å². The van der Waals surface area contributed by atoms with Crippen LogP contribution in [0.1, 0.15) is 39.5 Å². The Labute approximate surface area is 110 Å². The van der Waals surface area contributed by atoms with Crippen molar-refractivity contribution in [2.24, 2.45) is 11.8 Å². The third-order valence-corrected chi connectivity index (χ3v) is 4.00. The lowest BCUT2D eigenvalue weighted by molar-refractivity contribution is -0.122. The predicted octanol–water partition coefficient (Wildman–Crippen LogP) is 1.77. The highest BCUT2D eigenvalue weighted by atomic mass is 16.2. The molecule has 1 N–H and O–H groups in total. The van der Waals surface area contributed by atoms with Crippen LogP contribution in [0.15, 0.2) is 0 Å². The molecule has 0 aromatic rings. The summed E-state index contributed by atoms with van der Waals surface area (Å²) in [6.45, 7) is 5.19. The molecule has 1 aliphatic rings. The van der Waals surface area contributed by atoms with Crippen LogP contribution in [0.5, 0.6) is 0 Å². The first-order chi connectivity index (χ1) is 8.62. The Bertz CT molecular complexity index is 311.